The van der Waals surface area contributed by atoms with Gasteiger partial charge in [0.25, 0.3) is 0 Å². The Hall–Kier alpha value is -2.11. The normalized spacial score (nSPS) is 25.5. The molecule has 6 nitrogen and oxygen atoms in total. The van der Waals surface area contributed by atoms with E-state index in [2.05, 4.69) is 28.9 Å². The first-order chi connectivity index (χ1) is 15.8. The van der Waals surface area contributed by atoms with Crippen molar-refractivity contribution in [2.75, 3.05) is 26.9 Å². The number of hydrogen-bond acceptors (Lipinski definition) is 4. The predicted octanol–water partition coefficient (Wildman–Crippen LogP) is 4.90. The largest absolute Gasteiger partial charge is 0.496 e. The van der Waals surface area contributed by atoms with E-state index in [1.165, 1.54) is 23.2 Å². The third kappa shape index (κ3) is 4.26. The highest BCUT2D eigenvalue weighted by Gasteiger charge is 2.43. The highest BCUT2D eigenvalue weighted by Crippen LogP contribution is 2.45. The second-order valence-electron chi connectivity index (χ2n) is 9.69. The average Bonchev–Trinajstić information content (AvgIpc) is 3.47. The van der Waals surface area contributed by atoms with Crippen molar-refractivity contribution in [2.24, 2.45) is 0 Å². The topological polar surface area (TPSA) is 74.8 Å². The predicted molar refractivity (Wildman–Crippen MR) is 132 cm³/mol. The highest BCUT2D eigenvalue weighted by molar-refractivity contribution is 7.65. The van der Waals surface area contributed by atoms with E-state index >= 15 is 0 Å². The fourth-order valence-electron chi connectivity index (χ4n) is 5.68. The molecule has 1 spiro atoms. The van der Waals surface area contributed by atoms with Gasteiger partial charge in [0.2, 0.25) is 7.37 Å². The molecule has 0 bridgehead atoms. The molecule has 2 aliphatic heterocycles. The third-order valence-electron chi connectivity index (χ3n) is 7.50. The monoisotopic (exact) mass is 468 g/mol. The Bertz CT molecular complexity index is 1190. The lowest BCUT2D eigenvalue weighted by molar-refractivity contribution is -0.0676. The van der Waals surface area contributed by atoms with Crippen molar-refractivity contribution in [1.29, 1.82) is 0 Å². The minimum Gasteiger partial charge on any atom is -0.496 e. The lowest BCUT2D eigenvalue weighted by Crippen LogP contribution is -2.45. The van der Waals surface area contributed by atoms with Gasteiger partial charge >= 0.3 is 0 Å². The van der Waals surface area contributed by atoms with E-state index in [0.717, 1.165) is 62.2 Å². The zero-order chi connectivity index (χ0) is 23.2. The molecule has 0 amide bonds. The van der Waals surface area contributed by atoms with E-state index in [1.54, 1.807) is 7.11 Å². The summed E-state index contributed by atoms with van der Waals surface area (Å²) >= 11 is 0. The third-order valence-corrected chi connectivity index (χ3v) is 8.75. The zero-order valence-electron chi connectivity index (χ0n) is 19.6. The summed E-state index contributed by atoms with van der Waals surface area (Å²) in [7, 11) is -1.53. The summed E-state index contributed by atoms with van der Waals surface area (Å²) in [5, 5.41) is 1.69. The van der Waals surface area contributed by atoms with Crippen LogP contribution in [0.4, 0.5) is 0 Å². The number of piperidine rings is 1. The molecule has 0 aliphatic carbocycles. The van der Waals surface area contributed by atoms with Gasteiger partial charge in [0.15, 0.2) is 0 Å². The van der Waals surface area contributed by atoms with Crippen LogP contribution >= 0.6 is 7.37 Å². The molecule has 3 heterocycles. The summed E-state index contributed by atoms with van der Waals surface area (Å²) in [4.78, 5) is 15.9. The summed E-state index contributed by atoms with van der Waals surface area (Å²) in [5.41, 5.74) is 4.63. The summed E-state index contributed by atoms with van der Waals surface area (Å²) in [6.45, 7) is 6.03. The van der Waals surface area contributed by atoms with Crippen LogP contribution in [0, 0.1) is 6.92 Å². The number of likely N-dealkylation sites (tertiary alicyclic amines) is 1. The Morgan fingerprint density at radius 2 is 2.06 bits per heavy atom. The van der Waals surface area contributed by atoms with Crippen LogP contribution in [0.1, 0.15) is 48.4 Å². The van der Waals surface area contributed by atoms with E-state index in [4.69, 9.17) is 9.47 Å². The van der Waals surface area contributed by atoms with Crippen molar-refractivity contribution in [1.82, 2.24) is 9.88 Å². The van der Waals surface area contributed by atoms with E-state index in [-0.39, 0.29) is 11.6 Å². The molecule has 3 atom stereocenters. The fourth-order valence-corrected chi connectivity index (χ4v) is 6.38. The number of hydrogen-bond donors (Lipinski definition) is 2. The van der Waals surface area contributed by atoms with Crippen molar-refractivity contribution in [3.8, 4) is 5.75 Å². The number of methoxy groups -OCH3 is 1. The number of ether oxygens (including phenoxy) is 2. The number of nitrogens with zero attached hydrogens (tertiary/aromatic N) is 1. The number of rotatable bonds is 5. The van der Waals surface area contributed by atoms with Gasteiger partial charge in [0, 0.05) is 60.4 Å². The molecule has 2 unspecified atom stereocenters. The van der Waals surface area contributed by atoms with Gasteiger partial charge in [-0.25, -0.2) is 0 Å². The van der Waals surface area contributed by atoms with Crippen molar-refractivity contribution >= 4 is 23.6 Å². The lowest BCUT2D eigenvalue weighted by atomic mass is 9.81. The lowest BCUT2D eigenvalue weighted by Gasteiger charge is -2.45. The molecule has 2 N–H and O–H groups in total. The first kappa shape index (κ1) is 22.7. The Labute approximate surface area is 195 Å². The van der Waals surface area contributed by atoms with Crippen LogP contribution in [0.3, 0.4) is 0 Å². The van der Waals surface area contributed by atoms with Gasteiger partial charge in [0.05, 0.1) is 12.7 Å². The van der Waals surface area contributed by atoms with Crippen LogP contribution in [0.15, 0.2) is 42.6 Å². The summed E-state index contributed by atoms with van der Waals surface area (Å²) in [6, 6.07) is 12.1. The highest BCUT2D eigenvalue weighted by atomic mass is 31.2. The molecular formula is C26H33N2O4P. The first-order valence-corrected chi connectivity index (χ1v) is 13.8. The second kappa shape index (κ2) is 8.59. The Morgan fingerprint density at radius 1 is 1.27 bits per heavy atom. The van der Waals surface area contributed by atoms with Gasteiger partial charge in [-0.1, -0.05) is 12.1 Å². The quantitative estimate of drug-likeness (QED) is 0.521. The molecule has 2 fully saturated rings. The van der Waals surface area contributed by atoms with Gasteiger partial charge in [-0.2, -0.15) is 0 Å². The van der Waals surface area contributed by atoms with Gasteiger partial charge < -0.3 is 19.4 Å². The molecule has 0 radical (unpaired) electrons. The number of H-pyrrole nitrogens is 1. The molecule has 7 heteroatoms. The Morgan fingerprint density at radius 3 is 2.73 bits per heavy atom. The Balaban J connectivity index is 1.52. The summed E-state index contributed by atoms with van der Waals surface area (Å²) in [5.74, 6) is 0.915. The van der Waals surface area contributed by atoms with E-state index in [9.17, 15) is 9.46 Å². The number of nitrogens with one attached hydrogen (secondary N) is 1. The standard InChI is InChI=1S/C26H33N2O4P/c1-18-15-24(31-2)22(21-9-12-27-25(18)21)17-28-13-11-26(10-4-14-32-26)16-23(28)19-5-7-20(8-6-19)33(3,29)30/h5-9,12,15,23,27H,4,10-11,13-14,16-17H2,1-3H3,(H,29,30)/t23-,26?/m0/s1. The molecule has 2 saturated heterocycles. The minimum absolute atomic E-state index is 0.0579. The molecule has 176 valence electrons. The molecular weight excluding hydrogens is 435 g/mol. The van der Waals surface area contributed by atoms with Crippen molar-refractivity contribution in [3.63, 3.8) is 0 Å². The van der Waals surface area contributed by atoms with Crippen LogP contribution in [-0.2, 0) is 15.8 Å². The smallest absolute Gasteiger partial charge is 0.226 e. The molecule has 3 aromatic rings. The maximum Gasteiger partial charge on any atom is 0.226 e. The van der Waals surface area contributed by atoms with Gasteiger partial charge in [0.1, 0.15) is 5.75 Å². The number of aromatic amines is 1. The number of benzene rings is 2. The second-order valence-corrected chi connectivity index (χ2v) is 12.0. The molecule has 2 aromatic carbocycles. The number of aryl methyl sites for hydroxylation is 1. The molecule has 2 aliphatic rings. The van der Waals surface area contributed by atoms with Crippen LogP contribution in [0.25, 0.3) is 10.9 Å². The Kier molecular flexibility index (Phi) is 5.90. The number of fused-ring (bicyclic) bond motifs is 1. The molecule has 33 heavy (non-hydrogen) atoms. The van der Waals surface area contributed by atoms with Gasteiger partial charge in [-0.3, -0.25) is 9.46 Å². The van der Waals surface area contributed by atoms with E-state index in [1.807, 2.05) is 30.5 Å². The minimum atomic E-state index is -3.27. The molecule has 1 aromatic heterocycles. The van der Waals surface area contributed by atoms with E-state index in [0.29, 0.717) is 5.30 Å². The van der Waals surface area contributed by atoms with Crippen LogP contribution in [0.5, 0.6) is 5.75 Å². The molecule has 5 rings (SSSR count). The first-order valence-electron chi connectivity index (χ1n) is 11.7. The van der Waals surface area contributed by atoms with Crippen LogP contribution < -0.4 is 10.0 Å². The van der Waals surface area contributed by atoms with Crippen LogP contribution in [0.2, 0.25) is 0 Å². The maximum atomic E-state index is 12.1. The van der Waals surface area contributed by atoms with Crippen molar-refractivity contribution < 1.29 is 18.9 Å². The van der Waals surface area contributed by atoms with Gasteiger partial charge in [-0.15, -0.1) is 0 Å². The molecule has 0 saturated carbocycles. The maximum absolute atomic E-state index is 12.1. The summed E-state index contributed by atoms with van der Waals surface area (Å²) < 4.78 is 24.2. The zero-order valence-corrected chi connectivity index (χ0v) is 20.5. The summed E-state index contributed by atoms with van der Waals surface area (Å²) in [6.07, 6.45) is 6.16. The SMILES string of the molecule is COc1cc(C)c2[nH]ccc2c1CN1CCC2(CCCO2)C[C@H]1c1ccc(P(C)(=O)O)cc1. The van der Waals surface area contributed by atoms with E-state index < -0.39 is 7.37 Å². The number of aromatic nitrogens is 1. The van der Waals surface area contributed by atoms with Crippen LogP contribution in [-0.4, -0.2) is 47.3 Å². The van der Waals surface area contributed by atoms with Gasteiger partial charge in [-0.05, 0) is 68.0 Å². The fraction of sp³-hybridized carbons (Fsp3) is 0.462. The average molecular weight is 469 g/mol. The van der Waals surface area contributed by atoms with Crippen molar-refractivity contribution in [2.45, 2.75) is 50.8 Å². The van der Waals surface area contributed by atoms with Crippen molar-refractivity contribution in [3.05, 3.63) is 59.3 Å².